The maximum absolute atomic E-state index is 13.2. The number of rotatable bonds is 4. The van der Waals surface area contributed by atoms with Gasteiger partial charge in [-0.1, -0.05) is 17.7 Å². The molecule has 2 nitrogen and oxygen atoms in total. The first-order valence-electron chi connectivity index (χ1n) is 5.74. The molecule has 4 heteroatoms. The average Bonchev–Trinajstić information content (AvgIpc) is 2.36. The summed E-state index contributed by atoms with van der Waals surface area (Å²) in [5, 5.41) is 3.70. The van der Waals surface area contributed by atoms with E-state index >= 15 is 0 Å². The highest BCUT2D eigenvalue weighted by Crippen LogP contribution is 2.15. The molecular formula is C14H14ClFN2. The van der Waals surface area contributed by atoms with Crippen molar-refractivity contribution in [2.75, 3.05) is 0 Å². The van der Waals surface area contributed by atoms with Crippen molar-refractivity contribution in [2.45, 2.75) is 19.5 Å². The molecule has 0 fully saturated rings. The third-order valence-electron chi connectivity index (χ3n) is 2.67. The summed E-state index contributed by atoms with van der Waals surface area (Å²) in [4.78, 5) is 4.26. The molecule has 0 aliphatic rings. The molecule has 18 heavy (non-hydrogen) atoms. The third-order valence-corrected chi connectivity index (χ3v) is 2.88. The van der Waals surface area contributed by atoms with E-state index in [1.165, 1.54) is 12.1 Å². The van der Waals surface area contributed by atoms with Gasteiger partial charge in [0.15, 0.2) is 0 Å². The molecule has 0 saturated heterocycles. The Hall–Kier alpha value is -1.45. The molecule has 0 saturated carbocycles. The van der Waals surface area contributed by atoms with Crippen LogP contribution in [0.2, 0.25) is 5.02 Å². The van der Waals surface area contributed by atoms with Crippen LogP contribution in [0.1, 0.15) is 24.2 Å². The average molecular weight is 265 g/mol. The number of benzene rings is 1. The van der Waals surface area contributed by atoms with E-state index in [1.807, 2.05) is 25.1 Å². The van der Waals surface area contributed by atoms with Crippen molar-refractivity contribution in [1.82, 2.24) is 10.3 Å². The molecule has 0 aliphatic carbocycles. The van der Waals surface area contributed by atoms with Crippen LogP contribution in [-0.2, 0) is 6.54 Å². The second-order valence-electron chi connectivity index (χ2n) is 4.13. The van der Waals surface area contributed by atoms with Crippen molar-refractivity contribution in [3.63, 3.8) is 0 Å². The fourth-order valence-electron chi connectivity index (χ4n) is 1.72. The molecule has 0 amide bonds. The first-order chi connectivity index (χ1) is 8.65. The van der Waals surface area contributed by atoms with Gasteiger partial charge in [0.05, 0.1) is 5.69 Å². The molecule has 1 N–H and O–H groups in total. The lowest BCUT2D eigenvalue weighted by Crippen LogP contribution is -2.19. The van der Waals surface area contributed by atoms with Crippen LogP contribution >= 0.6 is 11.6 Å². The highest BCUT2D eigenvalue weighted by atomic mass is 35.5. The van der Waals surface area contributed by atoms with Crippen LogP contribution in [0.15, 0.2) is 42.6 Å². The molecule has 0 radical (unpaired) electrons. The molecule has 2 rings (SSSR count). The molecule has 1 aromatic carbocycles. The van der Waals surface area contributed by atoms with Gasteiger partial charge in [0.2, 0.25) is 0 Å². The third kappa shape index (κ3) is 3.52. The van der Waals surface area contributed by atoms with Crippen LogP contribution in [-0.4, -0.2) is 4.98 Å². The summed E-state index contributed by atoms with van der Waals surface area (Å²) in [5.74, 6) is -0.315. The molecule has 94 valence electrons. The predicted molar refractivity (Wildman–Crippen MR) is 70.9 cm³/mol. The fourth-order valence-corrected chi connectivity index (χ4v) is 1.97. The predicted octanol–water partition coefficient (Wildman–Crippen LogP) is 3.72. The van der Waals surface area contributed by atoms with Crippen LogP contribution in [0.25, 0.3) is 0 Å². The molecule has 2 aromatic rings. The first-order valence-corrected chi connectivity index (χ1v) is 6.12. The Morgan fingerprint density at radius 2 is 2.17 bits per heavy atom. The minimum atomic E-state index is -0.315. The zero-order valence-corrected chi connectivity index (χ0v) is 10.8. The molecular weight excluding hydrogens is 251 g/mol. The van der Waals surface area contributed by atoms with Gasteiger partial charge in [-0.25, -0.2) is 4.39 Å². The minimum Gasteiger partial charge on any atom is -0.305 e. The highest BCUT2D eigenvalue weighted by Gasteiger charge is 2.06. The number of nitrogens with one attached hydrogen (secondary N) is 1. The maximum Gasteiger partial charge on any atom is 0.125 e. The highest BCUT2D eigenvalue weighted by molar-refractivity contribution is 6.30. The second kappa shape index (κ2) is 5.94. The standard InChI is InChI=1S/C14H14ClFN2/c1-10(14-4-2-3-5-17-14)18-9-11-6-12(15)8-13(16)7-11/h2-8,10,18H,9H2,1H3/t10-/m0/s1. The Labute approximate surface area is 111 Å². The van der Waals surface area contributed by atoms with E-state index in [4.69, 9.17) is 11.6 Å². The molecule has 0 aliphatic heterocycles. The molecule has 0 bridgehead atoms. The van der Waals surface area contributed by atoms with E-state index in [1.54, 1.807) is 12.3 Å². The van der Waals surface area contributed by atoms with Gasteiger partial charge in [0.1, 0.15) is 5.82 Å². The summed E-state index contributed by atoms with van der Waals surface area (Å²) >= 11 is 5.80. The molecule has 1 heterocycles. The molecule has 0 unspecified atom stereocenters. The molecule has 1 aromatic heterocycles. The summed E-state index contributed by atoms with van der Waals surface area (Å²) in [6.07, 6.45) is 1.76. The van der Waals surface area contributed by atoms with Gasteiger partial charge in [-0.05, 0) is 42.8 Å². The largest absolute Gasteiger partial charge is 0.305 e. The summed E-state index contributed by atoms with van der Waals surface area (Å²) in [5.41, 5.74) is 1.78. The van der Waals surface area contributed by atoms with Crippen molar-refractivity contribution in [3.05, 3.63) is 64.7 Å². The van der Waals surface area contributed by atoms with Crippen molar-refractivity contribution < 1.29 is 4.39 Å². The second-order valence-corrected chi connectivity index (χ2v) is 4.57. The Kier molecular flexibility index (Phi) is 4.28. The van der Waals surface area contributed by atoms with Gasteiger partial charge in [0, 0.05) is 23.8 Å². The SMILES string of the molecule is C[C@H](NCc1cc(F)cc(Cl)c1)c1ccccn1. The number of halogens is 2. The van der Waals surface area contributed by atoms with Gasteiger partial charge < -0.3 is 5.32 Å². The maximum atomic E-state index is 13.2. The smallest absolute Gasteiger partial charge is 0.125 e. The molecule has 0 spiro atoms. The van der Waals surface area contributed by atoms with E-state index in [2.05, 4.69) is 10.3 Å². The lowest BCUT2D eigenvalue weighted by Gasteiger charge is -2.13. The van der Waals surface area contributed by atoms with Crippen molar-refractivity contribution in [2.24, 2.45) is 0 Å². The van der Waals surface area contributed by atoms with Crippen LogP contribution in [0, 0.1) is 5.82 Å². The number of aromatic nitrogens is 1. The Morgan fingerprint density at radius 3 is 2.83 bits per heavy atom. The van der Waals surface area contributed by atoms with E-state index < -0.39 is 0 Å². The fraction of sp³-hybridized carbons (Fsp3) is 0.214. The topological polar surface area (TPSA) is 24.9 Å². The van der Waals surface area contributed by atoms with E-state index in [-0.39, 0.29) is 11.9 Å². The lowest BCUT2D eigenvalue weighted by atomic mass is 10.1. The van der Waals surface area contributed by atoms with Gasteiger partial charge >= 0.3 is 0 Å². The first kappa shape index (κ1) is 13.0. The Morgan fingerprint density at radius 1 is 1.33 bits per heavy atom. The Balaban J connectivity index is 1.99. The zero-order valence-electron chi connectivity index (χ0n) is 10.0. The van der Waals surface area contributed by atoms with Gasteiger partial charge in [-0.3, -0.25) is 4.98 Å². The van der Waals surface area contributed by atoms with E-state index in [0.717, 1.165) is 11.3 Å². The van der Waals surface area contributed by atoms with Crippen molar-refractivity contribution in [1.29, 1.82) is 0 Å². The summed E-state index contributed by atoms with van der Waals surface area (Å²) in [7, 11) is 0. The van der Waals surface area contributed by atoms with Crippen molar-refractivity contribution >= 4 is 11.6 Å². The minimum absolute atomic E-state index is 0.105. The van der Waals surface area contributed by atoms with E-state index in [9.17, 15) is 4.39 Å². The quantitative estimate of drug-likeness (QED) is 0.910. The Bertz CT molecular complexity index is 496. The number of hydrogen-bond donors (Lipinski definition) is 1. The zero-order chi connectivity index (χ0) is 13.0. The van der Waals surface area contributed by atoms with Crippen molar-refractivity contribution in [3.8, 4) is 0 Å². The van der Waals surface area contributed by atoms with Gasteiger partial charge in [-0.2, -0.15) is 0 Å². The van der Waals surface area contributed by atoms with Crippen LogP contribution in [0.5, 0.6) is 0 Å². The molecule has 1 atom stereocenters. The van der Waals surface area contributed by atoms with Gasteiger partial charge in [0.25, 0.3) is 0 Å². The number of hydrogen-bond acceptors (Lipinski definition) is 2. The number of pyridine rings is 1. The normalized spacial score (nSPS) is 12.4. The van der Waals surface area contributed by atoms with Crippen LogP contribution < -0.4 is 5.32 Å². The van der Waals surface area contributed by atoms with Crippen LogP contribution in [0.3, 0.4) is 0 Å². The van der Waals surface area contributed by atoms with Gasteiger partial charge in [-0.15, -0.1) is 0 Å². The monoisotopic (exact) mass is 264 g/mol. The lowest BCUT2D eigenvalue weighted by molar-refractivity contribution is 0.557. The summed E-state index contributed by atoms with van der Waals surface area (Å²) in [6, 6.07) is 10.4. The summed E-state index contributed by atoms with van der Waals surface area (Å²) in [6.45, 7) is 2.57. The number of nitrogens with zero attached hydrogens (tertiary/aromatic N) is 1. The van der Waals surface area contributed by atoms with Crippen LogP contribution in [0.4, 0.5) is 4.39 Å². The summed E-state index contributed by atoms with van der Waals surface area (Å²) < 4.78 is 13.2. The van der Waals surface area contributed by atoms with E-state index in [0.29, 0.717) is 11.6 Å².